The number of rotatable bonds is 4. The van der Waals surface area contributed by atoms with Gasteiger partial charge in [-0.15, -0.1) is 0 Å². The second kappa shape index (κ2) is 4.82. The van der Waals surface area contributed by atoms with Crippen LogP contribution in [0.4, 0.5) is 0 Å². The van der Waals surface area contributed by atoms with Gasteiger partial charge in [0.05, 0.1) is 12.3 Å². The van der Waals surface area contributed by atoms with E-state index in [1.54, 1.807) is 0 Å². The largest absolute Gasteiger partial charge is 0.395 e. The second-order valence-electron chi connectivity index (χ2n) is 3.74. The summed E-state index contributed by atoms with van der Waals surface area (Å²) in [6.45, 7) is 2.61. The summed E-state index contributed by atoms with van der Waals surface area (Å²) in [7, 11) is 0. The Bertz CT molecular complexity index is 483. The molecule has 0 bridgehead atoms. The van der Waals surface area contributed by atoms with Gasteiger partial charge in [-0.2, -0.15) is 0 Å². The van der Waals surface area contributed by atoms with Gasteiger partial charge in [0.2, 0.25) is 0 Å². The minimum Gasteiger partial charge on any atom is -0.395 e. The fourth-order valence-corrected chi connectivity index (χ4v) is 1.76. The normalized spacial score (nSPS) is 13.2. The number of nitrogens with zero attached hydrogens (tertiary/aromatic N) is 2. The third kappa shape index (κ3) is 2.19. The summed E-state index contributed by atoms with van der Waals surface area (Å²) in [5.74, 6) is 0. The van der Waals surface area contributed by atoms with Gasteiger partial charge in [-0.3, -0.25) is 0 Å². The number of fused-ring (bicyclic) bond motifs is 1. The van der Waals surface area contributed by atoms with E-state index in [1.807, 2.05) is 35.7 Å². The van der Waals surface area contributed by atoms with Crippen LogP contribution in [0.2, 0.25) is 5.15 Å². The summed E-state index contributed by atoms with van der Waals surface area (Å²) in [5, 5.41) is 12.6. The van der Waals surface area contributed by atoms with E-state index < -0.39 is 0 Å². The molecule has 0 spiro atoms. The lowest BCUT2D eigenvalue weighted by Gasteiger charge is -2.10. The van der Waals surface area contributed by atoms with Crippen molar-refractivity contribution >= 4 is 17.2 Å². The van der Waals surface area contributed by atoms with E-state index in [-0.39, 0.29) is 12.6 Å². The van der Waals surface area contributed by atoms with Crippen LogP contribution in [0.3, 0.4) is 0 Å². The fraction of sp³-hybridized carbons (Fsp3) is 0.364. The second-order valence-corrected chi connectivity index (χ2v) is 4.10. The molecule has 86 valence electrons. The predicted molar refractivity (Wildman–Crippen MR) is 63.6 cm³/mol. The molecule has 16 heavy (non-hydrogen) atoms. The summed E-state index contributed by atoms with van der Waals surface area (Å²) in [4.78, 5) is 4.24. The molecule has 0 aliphatic rings. The van der Waals surface area contributed by atoms with Gasteiger partial charge in [0.15, 0.2) is 5.15 Å². The molecule has 2 N–H and O–H groups in total. The molecule has 0 saturated heterocycles. The standard InChI is InChI=1S/C11H14ClN3O/c1-8(7-16)13-6-9-11(12)14-10-4-2-3-5-15(9)10/h2-5,8,13,16H,6-7H2,1H3/t8-/m1/s1. The maximum Gasteiger partial charge on any atom is 0.152 e. The third-order valence-electron chi connectivity index (χ3n) is 2.47. The first-order chi connectivity index (χ1) is 7.72. The number of aliphatic hydroxyl groups excluding tert-OH is 1. The molecule has 2 heterocycles. The molecule has 2 aromatic rings. The Morgan fingerprint density at radius 2 is 2.38 bits per heavy atom. The summed E-state index contributed by atoms with van der Waals surface area (Å²) in [6, 6.07) is 5.81. The van der Waals surface area contributed by atoms with Crippen molar-refractivity contribution in [3.8, 4) is 0 Å². The Labute approximate surface area is 98.9 Å². The van der Waals surface area contributed by atoms with Crippen molar-refractivity contribution in [2.75, 3.05) is 6.61 Å². The van der Waals surface area contributed by atoms with Crippen LogP contribution in [-0.4, -0.2) is 27.1 Å². The minimum atomic E-state index is 0.0466. The van der Waals surface area contributed by atoms with Gasteiger partial charge >= 0.3 is 0 Å². The van der Waals surface area contributed by atoms with Crippen molar-refractivity contribution in [2.45, 2.75) is 19.5 Å². The Hall–Kier alpha value is -1.10. The van der Waals surface area contributed by atoms with Crippen molar-refractivity contribution in [3.63, 3.8) is 0 Å². The highest BCUT2D eigenvalue weighted by molar-refractivity contribution is 6.30. The van der Waals surface area contributed by atoms with Crippen molar-refractivity contribution in [1.29, 1.82) is 0 Å². The van der Waals surface area contributed by atoms with Gasteiger partial charge in [0, 0.05) is 18.8 Å². The number of hydrogen-bond acceptors (Lipinski definition) is 3. The van der Waals surface area contributed by atoms with Crippen LogP contribution >= 0.6 is 11.6 Å². The molecule has 2 rings (SSSR count). The Morgan fingerprint density at radius 1 is 1.56 bits per heavy atom. The van der Waals surface area contributed by atoms with Gasteiger partial charge < -0.3 is 14.8 Å². The number of aliphatic hydroxyl groups is 1. The van der Waals surface area contributed by atoms with E-state index in [0.717, 1.165) is 11.3 Å². The van der Waals surface area contributed by atoms with Gasteiger partial charge in [-0.05, 0) is 19.1 Å². The molecule has 0 aliphatic heterocycles. The molecule has 0 unspecified atom stereocenters. The number of hydrogen-bond donors (Lipinski definition) is 2. The van der Waals surface area contributed by atoms with E-state index in [0.29, 0.717) is 11.7 Å². The molecule has 4 nitrogen and oxygen atoms in total. The monoisotopic (exact) mass is 239 g/mol. The minimum absolute atomic E-state index is 0.0466. The number of imidazole rings is 1. The Balaban J connectivity index is 2.26. The van der Waals surface area contributed by atoms with Crippen LogP contribution in [0.5, 0.6) is 0 Å². The lowest BCUT2D eigenvalue weighted by molar-refractivity contribution is 0.250. The van der Waals surface area contributed by atoms with E-state index in [1.165, 1.54) is 0 Å². The van der Waals surface area contributed by atoms with Gasteiger partial charge in [-0.1, -0.05) is 17.7 Å². The molecule has 0 aromatic carbocycles. The fourth-order valence-electron chi connectivity index (χ4n) is 1.51. The number of pyridine rings is 1. The van der Waals surface area contributed by atoms with Crippen LogP contribution in [0.15, 0.2) is 24.4 Å². The van der Waals surface area contributed by atoms with Gasteiger partial charge in [0.1, 0.15) is 5.65 Å². The summed E-state index contributed by atoms with van der Waals surface area (Å²) in [5.41, 5.74) is 1.75. The highest BCUT2D eigenvalue weighted by Crippen LogP contribution is 2.17. The SMILES string of the molecule is C[C@H](CO)NCc1c(Cl)nc2ccccn12. The molecule has 0 amide bonds. The molecule has 0 radical (unpaired) electrons. The lowest BCUT2D eigenvalue weighted by atomic mass is 10.3. The lowest BCUT2D eigenvalue weighted by Crippen LogP contribution is -2.29. The number of halogens is 1. The molecule has 0 saturated carbocycles. The first-order valence-electron chi connectivity index (χ1n) is 5.18. The van der Waals surface area contributed by atoms with Gasteiger partial charge in [-0.25, -0.2) is 4.98 Å². The molecule has 5 heteroatoms. The van der Waals surface area contributed by atoms with Crippen LogP contribution in [0.1, 0.15) is 12.6 Å². The molecular formula is C11H14ClN3O. The zero-order valence-corrected chi connectivity index (χ0v) is 9.78. The summed E-state index contributed by atoms with van der Waals surface area (Å²) >= 11 is 6.06. The van der Waals surface area contributed by atoms with Crippen LogP contribution in [0, 0.1) is 0 Å². The Kier molecular flexibility index (Phi) is 3.43. The quantitative estimate of drug-likeness (QED) is 0.849. The van der Waals surface area contributed by atoms with E-state index in [2.05, 4.69) is 10.3 Å². The van der Waals surface area contributed by atoms with E-state index in [4.69, 9.17) is 16.7 Å². The van der Waals surface area contributed by atoms with Crippen molar-refractivity contribution in [2.24, 2.45) is 0 Å². The molecule has 0 fully saturated rings. The van der Waals surface area contributed by atoms with E-state index in [9.17, 15) is 0 Å². The van der Waals surface area contributed by atoms with Crippen molar-refractivity contribution in [1.82, 2.24) is 14.7 Å². The number of aromatic nitrogens is 2. The summed E-state index contributed by atoms with van der Waals surface area (Å²) < 4.78 is 1.94. The topological polar surface area (TPSA) is 49.6 Å². The maximum atomic E-state index is 8.93. The van der Waals surface area contributed by atoms with Crippen LogP contribution in [0.25, 0.3) is 5.65 Å². The molecule has 2 aromatic heterocycles. The third-order valence-corrected chi connectivity index (χ3v) is 2.77. The van der Waals surface area contributed by atoms with Crippen molar-refractivity contribution in [3.05, 3.63) is 35.2 Å². The van der Waals surface area contributed by atoms with Crippen LogP contribution in [-0.2, 0) is 6.54 Å². The first-order valence-corrected chi connectivity index (χ1v) is 5.56. The van der Waals surface area contributed by atoms with Gasteiger partial charge in [0.25, 0.3) is 0 Å². The Morgan fingerprint density at radius 3 is 3.12 bits per heavy atom. The first kappa shape index (κ1) is 11.4. The highest BCUT2D eigenvalue weighted by atomic mass is 35.5. The highest BCUT2D eigenvalue weighted by Gasteiger charge is 2.10. The summed E-state index contributed by atoms with van der Waals surface area (Å²) in [6.07, 6.45) is 1.93. The average Bonchev–Trinajstić information content (AvgIpc) is 2.62. The van der Waals surface area contributed by atoms with E-state index >= 15 is 0 Å². The molecular weight excluding hydrogens is 226 g/mol. The zero-order chi connectivity index (χ0) is 11.5. The maximum absolute atomic E-state index is 8.93. The average molecular weight is 240 g/mol. The number of nitrogens with one attached hydrogen (secondary N) is 1. The molecule has 0 aliphatic carbocycles. The molecule has 1 atom stereocenters. The zero-order valence-electron chi connectivity index (χ0n) is 9.02. The van der Waals surface area contributed by atoms with Crippen molar-refractivity contribution < 1.29 is 5.11 Å². The van der Waals surface area contributed by atoms with Crippen LogP contribution < -0.4 is 5.32 Å². The smallest absolute Gasteiger partial charge is 0.152 e. The predicted octanol–water partition coefficient (Wildman–Crippen LogP) is 1.46.